The standard InChI is InChI=1S/C14H22ClNO3/c1-17-9-2-7-16-8-10-18-11-12-19-14-5-3-13(15)4-6-14/h3-6,16H,2,7-12H2,1H3/p+1. The Hall–Kier alpha value is -0.810. The molecule has 0 heterocycles. The van der Waals surface area contributed by atoms with Gasteiger partial charge in [0.25, 0.3) is 0 Å². The van der Waals surface area contributed by atoms with Crippen LogP contribution in [0.1, 0.15) is 6.42 Å². The summed E-state index contributed by atoms with van der Waals surface area (Å²) in [5, 5.41) is 2.95. The monoisotopic (exact) mass is 288 g/mol. The molecule has 108 valence electrons. The molecule has 0 bridgehead atoms. The number of hydrogen-bond acceptors (Lipinski definition) is 3. The van der Waals surface area contributed by atoms with Gasteiger partial charge in [0.2, 0.25) is 0 Å². The highest BCUT2D eigenvalue weighted by atomic mass is 35.5. The van der Waals surface area contributed by atoms with Crippen LogP contribution >= 0.6 is 11.6 Å². The van der Waals surface area contributed by atoms with Crippen molar-refractivity contribution in [1.82, 2.24) is 0 Å². The number of methoxy groups -OCH3 is 1. The summed E-state index contributed by atoms with van der Waals surface area (Å²) in [5.41, 5.74) is 0. The first-order chi connectivity index (χ1) is 9.33. The van der Waals surface area contributed by atoms with E-state index >= 15 is 0 Å². The van der Waals surface area contributed by atoms with Crippen LogP contribution in [0.2, 0.25) is 5.02 Å². The van der Waals surface area contributed by atoms with Crippen LogP contribution in [-0.2, 0) is 9.47 Å². The summed E-state index contributed by atoms with van der Waals surface area (Å²) in [6.07, 6.45) is 1.08. The smallest absolute Gasteiger partial charge is 0.119 e. The van der Waals surface area contributed by atoms with E-state index in [0.717, 1.165) is 38.5 Å². The number of rotatable bonds is 11. The zero-order valence-electron chi connectivity index (χ0n) is 11.4. The summed E-state index contributed by atoms with van der Waals surface area (Å²) in [6.45, 7) is 4.80. The van der Waals surface area contributed by atoms with E-state index in [1.165, 1.54) is 0 Å². The van der Waals surface area contributed by atoms with Crippen molar-refractivity contribution in [3.8, 4) is 5.75 Å². The molecule has 1 aromatic rings. The summed E-state index contributed by atoms with van der Waals surface area (Å²) in [7, 11) is 1.73. The Morgan fingerprint density at radius 3 is 2.53 bits per heavy atom. The van der Waals surface area contributed by atoms with Gasteiger partial charge in [-0.3, -0.25) is 0 Å². The lowest BCUT2D eigenvalue weighted by atomic mass is 10.3. The number of benzene rings is 1. The van der Waals surface area contributed by atoms with E-state index in [4.69, 9.17) is 25.8 Å². The third-order valence-corrected chi connectivity index (χ3v) is 2.79. The normalized spacial score (nSPS) is 10.6. The third-order valence-electron chi connectivity index (χ3n) is 2.53. The van der Waals surface area contributed by atoms with Crippen molar-refractivity contribution in [2.45, 2.75) is 6.42 Å². The average Bonchev–Trinajstić information content (AvgIpc) is 2.43. The quantitative estimate of drug-likeness (QED) is 0.625. The molecule has 0 aliphatic carbocycles. The lowest BCUT2D eigenvalue weighted by Gasteiger charge is -2.07. The van der Waals surface area contributed by atoms with E-state index in [1.807, 2.05) is 24.3 Å². The third kappa shape index (κ3) is 8.83. The Kier molecular flexibility index (Phi) is 9.45. The van der Waals surface area contributed by atoms with Crippen molar-refractivity contribution < 1.29 is 19.5 Å². The summed E-state index contributed by atoms with van der Waals surface area (Å²) in [6, 6.07) is 7.33. The van der Waals surface area contributed by atoms with E-state index in [2.05, 4.69) is 5.32 Å². The molecular formula is C14H23ClNO3+. The van der Waals surface area contributed by atoms with Crippen molar-refractivity contribution in [2.75, 3.05) is 46.6 Å². The fraction of sp³-hybridized carbons (Fsp3) is 0.571. The Labute approximate surface area is 120 Å². The molecule has 0 aromatic heterocycles. The second kappa shape index (κ2) is 11.1. The summed E-state index contributed by atoms with van der Waals surface area (Å²) >= 11 is 5.78. The van der Waals surface area contributed by atoms with E-state index in [-0.39, 0.29) is 0 Å². The molecule has 5 heteroatoms. The molecule has 0 saturated heterocycles. The molecule has 1 aromatic carbocycles. The molecule has 0 amide bonds. The predicted octanol–water partition coefficient (Wildman–Crippen LogP) is 1.34. The van der Waals surface area contributed by atoms with Crippen LogP contribution in [0.4, 0.5) is 0 Å². The summed E-state index contributed by atoms with van der Waals surface area (Å²) < 4.78 is 16.0. The van der Waals surface area contributed by atoms with E-state index in [9.17, 15) is 0 Å². The van der Waals surface area contributed by atoms with Gasteiger partial charge >= 0.3 is 0 Å². The van der Waals surface area contributed by atoms with E-state index in [0.29, 0.717) is 18.2 Å². The minimum Gasteiger partial charge on any atom is -0.491 e. The van der Waals surface area contributed by atoms with Crippen molar-refractivity contribution in [3.05, 3.63) is 29.3 Å². The molecule has 0 aliphatic heterocycles. The van der Waals surface area contributed by atoms with Gasteiger partial charge in [-0.2, -0.15) is 0 Å². The second-order valence-electron chi connectivity index (χ2n) is 4.13. The van der Waals surface area contributed by atoms with Gasteiger partial charge in [0, 0.05) is 18.6 Å². The minimum atomic E-state index is 0.561. The highest BCUT2D eigenvalue weighted by Crippen LogP contribution is 2.15. The first kappa shape index (κ1) is 16.2. The number of ether oxygens (including phenoxy) is 3. The second-order valence-corrected chi connectivity index (χ2v) is 4.56. The number of nitrogens with two attached hydrogens (primary N) is 1. The lowest BCUT2D eigenvalue weighted by Crippen LogP contribution is -2.85. The van der Waals surface area contributed by atoms with Gasteiger partial charge in [-0.1, -0.05) is 11.6 Å². The minimum absolute atomic E-state index is 0.561. The van der Waals surface area contributed by atoms with Crippen molar-refractivity contribution in [2.24, 2.45) is 0 Å². The Balaban J connectivity index is 1.87. The predicted molar refractivity (Wildman–Crippen MR) is 75.9 cm³/mol. The highest BCUT2D eigenvalue weighted by molar-refractivity contribution is 6.30. The Morgan fingerprint density at radius 2 is 1.79 bits per heavy atom. The van der Waals surface area contributed by atoms with E-state index < -0.39 is 0 Å². The maximum Gasteiger partial charge on any atom is 0.119 e. The maximum absolute atomic E-state index is 5.78. The number of hydrogen-bond donors (Lipinski definition) is 1. The van der Waals surface area contributed by atoms with Crippen LogP contribution in [0.3, 0.4) is 0 Å². The van der Waals surface area contributed by atoms with Crippen molar-refractivity contribution >= 4 is 11.6 Å². The van der Waals surface area contributed by atoms with Crippen LogP contribution < -0.4 is 10.1 Å². The molecule has 0 spiro atoms. The first-order valence-corrected chi connectivity index (χ1v) is 6.97. The molecule has 0 radical (unpaired) electrons. The van der Waals surface area contributed by atoms with Crippen LogP contribution in [0, 0.1) is 0 Å². The van der Waals surface area contributed by atoms with Crippen molar-refractivity contribution in [3.63, 3.8) is 0 Å². The zero-order valence-corrected chi connectivity index (χ0v) is 12.2. The molecule has 19 heavy (non-hydrogen) atoms. The van der Waals surface area contributed by atoms with Crippen LogP contribution in [-0.4, -0.2) is 46.6 Å². The van der Waals surface area contributed by atoms with Crippen LogP contribution in [0.15, 0.2) is 24.3 Å². The average molecular weight is 289 g/mol. The Bertz CT molecular complexity index is 319. The van der Waals surface area contributed by atoms with Gasteiger partial charge in [0.05, 0.1) is 32.9 Å². The highest BCUT2D eigenvalue weighted by Gasteiger charge is 1.95. The van der Waals surface area contributed by atoms with Gasteiger partial charge in [0.1, 0.15) is 12.4 Å². The zero-order chi connectivity index (χ0) is 13.8. The fourth-order valence-corrected chi connectivity index (χ4v) is 1.66. The first-order valence-electron chi connectivity index (χ1n) is 6.59. The molecular weight excluding hydrogens is 266 g/mol. The topological polar surface area (TPSA) is 44.3 Å². The molecule has 4 nitrogen and oxygen atoms in total. The number of halogens is 1. The number of quaternary nitrogens is 1. The largest absolute Gasteiger partial charge is 0.491 e. The van der Waals surface area contributed by atoms with Gasteiger partial charge in [-0.15, -0.1) is 0 Å². The Morgan fingerprint density at radius 1 is 1.00 bits per heavy atom. The SMILES string of the molecule is COCCC[NH2+]CCOCCOc1ccc(Cl)cc1. The molecule has 0 fully saturated rings. The molecule has 0 aliphatic rings. The van der Waals surface area contributed by atoms with E-state index in [1.54, 1.807) is 7.11 Å². The summed E-state index contributed by atoms with van der Waals surface area (Å²) in [5.74, 6) is 0.819. The van der Waals surface area contributed by atoms with Gasteiger partial charge in [0.15, 0.2) is 0 Å². The fourth-order valence-electron chi connectivity index (χ4n) is 1.53. The van der Waals surface area contributed by atoms with Crippen LogP contribution in [0.5, 0.6) is 5.75 Å². The molecule has 0 saturated carbocycles. The van der Waals surface area contributed by atoms with Crippen LogP contribution in [0.25, 0.3) is 0 Å². The molecule has 2 N–H and O–H groups in total. The summed E-state index contributed by atoms with van der Waals surface area (Å²) in [4.78, 5) is 0. The molecule has 0 unspecified atom stereocenters. The van der Waals surface area contributed by atoms with Gasteiger partial charge in [-0.05, 0) is 24.3 Å². The van der Waals surface area contributed by atoms with Gasteiger partial charge in [-0.25, -0.2) is 0 Å². The maximum atomic E-state index is 5.78. The van der Waals surface area contributed by atoms with Crippen molar-refractivity contribution in [1.29, 1.82) is 0 Å². The molecule has 0 atom stereocenters. The molecule has 1 rings (SSSR count). The van der Waals surface area contributed by atoms with Gasteiger partial charge < -0.3 is 19.5 Å². The lowest BCUT2D eigenvalue weighted by molar-refractivity contribution is -0.656.